The predicted octanol–water partition coefficient (Wildman–Crippen LogP) is 5.66. The van der Waals surface area contributed by atoms with Gasteiger partial charge >= 0.3 is 0 Å². The molecule has 0 atom stereocenters. The first kappa shape index (κ1) is 18.5. The Kier molecular flexibility index (Phi) is 5.29. The van der Waals surface area contributed by atoms with Crippen molar-refractivity contribution >= 4 is 28.3 Å². The third-order valence-electron chi connectivity index (χ3n) is 5.56. The smallest absolute Gasteiger partial charge is 0.252 e. The van der Waals surface area contributed by atoms with E-state index in [2.05, 4.69) is 42.7 Å². The summed E-state index contributed by atoms with van der Waals surface area (Å²) in [5, 5.41) is 7.55. The molecule has 2 aromatic carbocycles. The van der Waals surface area contributed by atoms with Gasteiger partial charge in [0, 0.05) is 17.1 Å². The van der Waals surface area contributed by atoms with Crippen molar-refractivity contribution in [2.24, 2.45) is 0 Å². The number of para-hydroxylation sites is 1. The van der Waals surface area contributed by atoms with Crippen LogP contribution in [0.15, 0.2) is 48.5 Å². The summed E-state index contributed by atoms with van der Waals surface area (Å²) in [7, 11) is 0. The number of hydrogen-bond donors (Lipinski definition) is 2. The Labute approximate surface area is 166 Å². The number of carbonyl (C=O) groups excluding carboxylic acids is 1. The van der Waals surface area contributed by atoms with Crippen molar-refractivity contribution < 1.29 is 4.79 Å². The van der Waals surface area contributed by atoms with Crippen LogP contribution in [0.5, 0.6) is 0 Å². The fourth-order valence-electron chi connectivity index (χ4n) is 3.95. The number of pyridine rings is 1. The molecule has 1 aliphatic rings. The maximum absolute atomic E-state index is 13.1. The van der Waals surface area contributed by atoms with E-state index in [1.807, 2.05) is 30.3 Å². The van der Waals surface area contributed by atoms with E-state index >= 15 is 0 Å². The molecule has 0 aliphatic heterocycles. The normalized spacial score (nSPS) is 14.8. The van der Waals surface area contributed by atoms with Crippen LogP contribution in [0, 0.1) is 13.8 Å². The number of hydrogen-bond acceptors (Lipinski definition) is 3. The molecule has 0 bridgehead atoms. The van der Waals surface area contributed by atoms with Crippen LogP contribution < -0.4 is 10.6 Å². The van der Waals surface area contributed by atoms with E-state index in [0.717, 1.165) is 35.0 Å². The highest BCUT2D eigenvalue weighted by atomic mass is 16.1. The largest absolute Gasteiger partial charge is 0.349 e. The number of nitrogens with zero attached hydrogens (tertiary/aromatic N) is 1. The second kappa shape index (κ2) is 8.01. The van der Waals surface area contributed by atoms with Gasteiger partial charge in [0.1, 0.15) is 5.82 Å². The Balaban J connectivity index is 1.68. The lowest BCUT2D eigenvalue weighted by atomic mass is 9.95. The van der Waals surface area contributed by atoms with Gasteiger partial charge in [-0.05, 0) is 56.0 Å². The number of rotatable bonds is 4. The lowest BCUT2D eigenvalue weighted by Gasteiger charge is -2.23. The van der Waals surface area contributed by atoms with E-state index in [0.29, 0.717) is 11.4 Å². The van der Waals surface area contributed by atoms with Crippen LogP contribution in [0.3, 0.4) is 0 Å². The average Bonchev–Trinajstić information content (AvgIpc) is 2.71. The molecule has 4 heteroatoms. The van der Waals surface area contributed by atoms with Gasteiger partial charge in [0.05, 0.1) is 11.1 Å². The number of aryl methyl sites for hydroxylation is 2. The zero-order valence-corrected chi connectivity index (χ0v) is 16.6. The molecule has 1 fully saturated rings. The molecule has 1 saturated carbocycles. The number of amides is 1. The summed E-state index contributed by atoms with van der Waals surface area (Å²) in [6, 6.07) is 16.3. The standard InChI is InChI=1S/C24H27N3O/c1-16-12-13-17(2)22(14-16)27-23-15-20(19-10-6-7-11-21(19)26-23)24(28)25-18-8-4-3-5-9-18/h6-7,10-15,18H,3-5,8-9H2,1-2H3,(H,25,28)(H,26,27). The Bertz CT molecular complexity index is 1010. The summed E-state index contributed by atoms with van der Waals surface area (Å²) >= 11 is 0. The average molecular weight is 374 g/mol. The predicted molar refractivity (Wildman–Crippen MR) is 115 cm³/mol. The SMILES string of the molecule is Cc1ccc(C)c(Nc2cc(C(=O)NC3CCCCC3)c3ccccc3n2)c1. The summed E-state index contributed by atoms with van der Waals surface area (Å²) in [5.41, 5.74) is 4.86. The van der Waals surface area contributed by atoms with Crippen LogP contribution in [0.2, 0.25) is 0 Å². The van der Waals surface area contributed by atoms with Gasteiger partial charge in [-0.2, -0.15) is 0 Å². The van der Waals surface area contributed by atoms with E-state index in [1.165, 1.54) is 24.8 Å². The van der Waals surface area contributed by atoms with Crippen molar-refractivity contribution in [1.29, 1.82) is 0 Å². The fraction of sp³-hybridized carbons (Fsp3) is 0.333. The number of benzene rings is 2. The van der Waals surface area contributed by atoms with Crippen molar-refractivity contribution in [3.8, 4) is 0 Å². The lowest BCUT2D eigenvalue weighted by Crippen LogP contribution is -2.36. The third kappa shape index (κ3) is 4.01. The van der Waals surface area contributed by atoms with Crippen LogP contribution in [0.25, 0.3) is 10.9 Å². The molecule has 1 aliphatic carbocycles. The zero-order chi connectivity index (χ0) is 19.5. The monoisotopic (exact) mass is 373 g/mol. The van der Waals surface area contributed by atoms with Crippen molar-refractivity contribution in [2.75, 3.05) is 5.32 Å². The van der Waals surface area contributed by atoms with Gasteiger partial charge in [-0.1, -0.05) is 49.6 Å². The Morgan fingerprint density at radius 2 is 1.79 bits per heavy atom. The van der Waals surface area contributed by atoms with Gasteiger partial charge in [-0.15, -0.1) is 0 Å². The van der Waals surface area contributed by atoms with Gasteiger partial charge in [-0.25, -0.2) is 4.98 Å². The molecule has 3 aromatic rings. The van der Waals surface area contributed by atoms with Crippen LogP contribution >= 0.6 is 0 Å². The van der Waals surface area contributed by atoms with E-state index < -0.39 is 0 Å². The minimum absolute atomic E-state index is 0.00508. The van der Waals surface area contributed by atoms with Crippen molar-refractivity contribution in [1.82, 2.24) is 10.3 Å². The van der Waals surface area contributed by atoms with Crippen molar-refractivity contribution in [3.05, 3.63) is 65.2 Å². The molecule has 4 nitrogen and oxygen atoms in total. The molecule has 1 heterocycles. The Hall–Kier alpha value is -2.88. The summed E-state index contributed by atoms with van der Waals surface area (Å²) in [6.07, 6.45) is 5.81. The number of anilines is 2. The topological polar surface area (TPSA) is 54.0 Å². The highest BCUT2D eigenvalue weighted by molar-refractivity contribution is 6.07. The molecule has 144 valence electrons. The minimum Gasteiger partial charge on any atom is -0.349 e. The number of aromatic nitrogens is 1. The van der Waals surface area contributed by atoms with Crippen LogP contribution in [0.4, 0.5) is 11.5 Å². The number of nitrogens with one attached hydrogen (secondary N) is 2. The van der Waals surface area contributed by atoms with E-state index in [9.17, 15) is 4.79 Å². The molecule has 0 saturated heterocycles. The fourth-order valence-corrected chi connectivity index (χ4v) is 3.95. The molecular weight excluding hydrogens is 346 g/mol. The van der Waals surface area contributed by atoms with Crippen LogP contribution in [-0.4, -0.2) is 16.9 Å². The molecule has 0 unspecified atom stereocenters. The van der Waals surface area contributed by atoms with Gasteiger partial charge in [0.2, 0.25) is 0 Å². The lowest BCUT2D eigenvalue weighted by molar-refractivity contribution is 0.0929. The number of fused-ring (bicyclic) bond motifs is 1. The van der Waals surface area contributed by atoms with Crippen molar-refractivity contribution in [3.63, 3.8) is 0 Å². The first-order valence-corrected chi connectivity index (χ1v) is 10.1. The Morgan fingerprint density at radius 1 is 1.00 bits per heavy atom. The van der Waals surface area contributed by atoms with Gasteiger partial charge in [0.15, 0.2) is 0 Å². The summed E-state index contributed by atoms with van der Waals surface area (Å²) in [4.78, 5) is 17.8. The molecular formula is C24H27N3O. The second-order valence-corrected chi connectivity index (χ2v) is 7.82. The van der Waals surface area contributed by atoms with Crippen LogP contribution in [0.1, 0.15) is 53.6 Å². The molecule has 0 spiro atoms. The van der Waals surface area contributed by atoms with Gasteiger partial charge in [0.25, 0.3) is 5.91 Å². The van der Waals surface area contributed by atoms with Gasteiger partial charge in [-0.3, -0.25) is 4.79 Å². The first-order valence-electron chi connectivity index (χ1n) is 10.1. The molecule has 2 N–H and O–H groups in total. The Morgan fingerprint density at radius 3 is 2.61 bits per heavy atom. The molecule has 0 radical (unpaired) electrons. The second-order valence-electron chi connectivity index (χ2n) is 7.82. The van der Waals surface area contributed by atoms with Crippen LogP contribution in [-0.2, 0) is 0 Å². The zero-order valence-electron chi connectivity index (χ0n) is 16.6. The molecule has 4 rings (SSSR count). The highest BCUT2D eigenvalue weighted by Crippen LogP contribution is 2.26. The number of carbonyl (C=O) groups is 1. The van der Waals surface area contributed by atoms with E-state index in [-0.39, 0.29) is 11.9 Å². The molecule has 1 amide bonds. The maximum atomic E-state index is 13.1. The summed E-state index contributed by atoms with van der Waals surface area (Å²) in [6.45, 7) is 4.14. The maximum Gasteiger partial charge on any atom is 0.252 e. The van der Waals surface area contributed by atoms with E-state index in [4.69, 9.17) is 4.98 Å². The van der Waals surface area contributed by atoms with Gasteiger partial charge < -0.3 is 10.6 Å². The first-order chi connectivity index (χ1) is 13.6. The minimum atomic E-state index is -0.00508. The molecule has 1 aromatic heterocycles. The third-order valence-corrected chi connectivity index (χ3v) is 5.56. The summed E-state index contributed by atoms with van der Waals surface area (Å²) in [5.74, 6) is 0.690. The highest BCUT2D eigenvalue weighted by Gasteiger charge is 2.19. The van der Waals surface area contributed by atoms with E-state index in [1.54, 1.807) is 0 Å². The van der Waals surface area contributed by atoms with Crippen molar-refractivity contribution in [2.45, 2.75) is 52.0 Å². The summed E-state index contributed by atoms with van der Waals surface area (Å²) < 4.78 is 0. The molecule has 28 heavy (non-hydrogen) atoms. The quantitative estimate of drug-likeness (QED) is 0.620.